The fourth-order valence-electron chi connectivity index (χ4n) is 2.06. The lowest BCUT2D eigenvalue weighted by Crippen LogP contribution is -2.25. The third kappa shape index (κ3) is 3.42. The quantitative estimate of drug-likeness (QED) is 0.845. The van der Waals surface area contributed by atoms with E-state index in [0.717, 1.165) is 17.2 Å². The average Bonchev–Trinajstić information content (AvgIpc) is 2.68. The molecule has 1 aliphatic heterocycles. The van der Waals surface area contributed by atoms with Crippen LogP contribution in [0.15, 0.2) is 30.3 Å². The number of benzene rings is 1. The molecule has 0 amide bonds. The van der Waals surface area contributed by atoms with E-state index in [2.05, 4.69) is 0 Å². The predicted octanol–water partition coefficient (Wildman–Crippen LogP) is 1.32. The van der Waals surface area contributed by atoms with Gasteiger partial charge in [0.05, 0.1) is 5.75 Å². The molecule has 0 radical (unpaired) electrons. The summed E-state index contributed by atoms with van der Waals surface area (Å²) >= 11 is 0. The van der Waals surface area contributed by atoms with Crippen molar-refractivity contribution in [1.29, 1.82) is 0 Å². The van der Waals surface area contributed by atoms with Gasteiger partial charge in [0.2, 0.25) is 10.0 Å². The van der Waals surface area contributed by atoms with Crippen molar-refractivity contribution in [2.75, 3.05) is 12.3 Å². The molecule has 1 aromatic rings. The molecule has 1 heterocycles. The third-order valence-electron chi connectivity index (χ3n) is 3.01. The number of rotatable bonds is 4. The minimum Gasteiger partial charge on any atom is -0.478 e. The number of nitrogens with zero attached hydrogens (tertiary/aromatic N) is 1. The molecule has 102 valence electrons. The summed E-state index contributed by atoms with van der Waals surface area (Å²) in [6, 6.07) is 7.20. The normalized spacial score (nSPS) is 18.9. The van der Waals surface area contributed by atoms with Crippen LogP contribution in [0.3, 0.4) is 0 Å². The van der Waals surface area contributed by atoms with Gasteiger partial charge in [0.15, 0.2) is 0 Å². The molecule has 0 unspecified atom stereocenters. The van der Waals surface area contributed by atoms with Crippen LogP contribution in [-0.2, 0) is 21.4 Å². The lowest BCUT2D eigenvalue weighted by atomic mass is 10.1. The second-order valence-electron chi connectivity index (χ2n) is 4.37. The van der Waals surface area contributed by atoms with Gasteiger partial charge in [-0.1, -0.05) is 24.3 Å². The lowest BCUT2D eigenvalue weighted by Gasteiger charge is -2.15. The van der Waals surface area contributed by atoms with Gasteiger partial charge in [-0.05, 0) is 23.6 Å². The number of carbonyl (C=O) groups is 1. The van der Waals surface area contributed by atoms with Gasteiger partial charge in [-0.3, -0.25) is 0 Å². The first-order chi connectivity index (χ1) is 8.99. The molecule has 5 nitrogen and oxygen atoms in total. The van der Waals surface area contributed by atoms with Crippen LogP contribution in [-0.4, -0.2) is 36.1 Å². The van der Waals surface area contributed by atoms with Gasteiger partial charge in [0.25, 0.3) is 0 Å². The molecule has 0 spiro atoms. The molecule has 19 heavy (non-hydrogen) atoms. The van der Waals surface area contributed by atoms with Gasteiger partial charge in [-0.2, -0.15) is 4.31 Å². The van der Waals surface area contributed by atoms with Gasteiger partial charge in [0.1, 0.15) is 0 Å². The summed E-state index contributed by atoms with van der Waals surface area (Å²) in [4.78, 5) is 10.5. The Hall–Kier alpha value is -1.66. The highest BCUT2D eigenvalue weighted by Gasteiger charge is 2.28. The molecule has 0 bridgehead atoms. The fraction of sp³-hybridized carbons (Fsp3) is 0.308. The Morgan fingerprint density at radius 2 is 2.11 bits per heavy atom. The largest absolute Gasteiger partial charge is 0.478 e. The minimum absolute atomic E-state index is 0.195. The van der Waals surface area contributed by atoms with Gasteiger partial charge in [-0.15, -0.1) is 0 Å². The second kappa shape index (κ2) is 5.54. The number of carboxylic acid groups (broad SMARTS) is 1. The van der Waals surface area contributed by atoms with Gasteiger partial charge in [0, 0.05) is 19.2 Å². The molecule has 0 saturated carbocycles. The second-order valence-corrected chi connectivity index (χ2v) is 6.46. The maximum absolute atomic E-state index is 11.8. The fourth-order valence-corrected chi connectivity index (χ4v) is 3.56. The first kappa shape index (κ1) is 13.8. The monoisotopic (exact) mass is 281 g/mol. The van der Waals surface area contributed by atoms with Crippen LogP contribution in [0.5, 0.6) is 0 Å². The molecule has 6 heteroatoms. The van der Waals surface area contributed by atoms with E-state index in [-0.39, 0.29) is 5.75 Å². The van der Waals surface area contributed by atoms with E-state index >= 15 is 0 Å². The highest BCUT2D eigenvalue weighted by Crippen LogP contribution is 2.20. The van der Waals surface area contributed by atoms with Gasteiger partial charge >= 0.3 is 5.97 Å². The molecule has 0 aliphatic carbocycles. The van der Waals surface area contributed by atoms with Crippen LogP contribution in [0.25, 0.3) is 6.08 Å². The van der Waals surface area contributed by atoms with E-state index in [1.165, 1.54) is 10.4 Å². The van der Waals surface area contributed by atoms with Crippen molar-refractivity contribution in [3.63, 3.8) is 0 Å². The molecule has 2 rings (SSSR count). The molecule has 1 aliphatic rings. The van der Waals surface area contributed by atoms with E-state index in [1.54, 1.807) is 12.1 Å². The Morgan fingerprint density at radius 1 is 1.37 bits per heavy atom. The maximum Gasteiger partial charge on any atom is 0.328 e. The number of hydrogen-bond donors (Lipinski definition) is 1. The van der Waals surface area contributed by atoms with E-state index in [4.69, 9.17) is 5.11 Å². The Kier molecular flexibility index (Phi) is 4.01. The number of hydrogen-bond acceptors (Lipinski definition) is 3. The minimum atomic E-state index is -3.14. The molecule has 1 N–H and O–H groups in total. The number of aliphatic carboxylic acids is 1. The molecule has 0 aromatic heterocycles. The smallest absolute Gasteiger partial charge is 0.328 e. The van der Waals surface area contributed by atoms with Crippen LogP contribution in [0.1, 0.15) is 17.5 Å². The van der Waals surface area contributed by atoms with Gasteiger partial charge in [-0.25, -0.2) is 13.2 Å². The zero-order valence-electron chi connectivity index (χ0n) is 10.3. The topological polar surface area (TPSA) is 74.7 Å². The Labute approximate surface area is 112 Å². The molecule has 1 fully saturated rings. The van der Waals surface area contributed by atoms with E-state index < -0.39 is 16.0 Å². The van der Waals surface area contributed by atoms with Crippen LogP contribution >= 0.6 is 0 Å². The van der Waals surface area contributed by atoms with Crippen LogP contribution < -0.4 is 0 Å². The summed E-state index contributed by atoms with van der Waals surface area (Å²) in [5, 5.41) is 8.64. The van der Waals surface area contributed by atoms with Crippen molar-refractivity contribution in [1.82, 2.24) is 4.31 Å². The highest BCUT2D eigenvalue weighted by molar-refractivity contribution is 7.89. The molecule has 1 saturated heterocycles. The van der Waals surface area contributed by atoms with E-state index in [0.29, 0.717) is 19.5 Å². The van der Waals surface area contributed by atoms with E-state index in [9.17, 15) is 13.2 Å². The van der Waals surface area contributed by atoms with Crippen molar-refractivity contribution < 1.29 is 18.3 Å². The summed E-state index contributed by atoms with van der Waals surface area (Å²) in [6.45, 7) is 0.821. The Morgan fingerprint density at radius 3 is 2.74 bits per heavy atom. The van der Waals surface area contributed by atoms with Crippen LogP contribution in [0.2, 0.25) is 0 Å². The highest BCUT2D eigenvalue weighted by atomic mass is 32.2. The zero-order chi connectivity index (χ0) is 13.9. The van der Waals surface area contributed by atoms with Crippen molar-refractivity contribution in [2.45, 2.75) is 13.0 Å². The zero-order valence-corrected chi connectivity index (χ0v) is 11.1. The van der Waals surface area contributed by atoms with Crippen molar-refractivity contribution in [3.8, 4) is 0 Å². The lowest BCUT2D eigenvalue weighted by molar-refractivity contribution is -0.131. The van der Waals surface area contributed by atoms with Crippen LogP contribution in [0.4, 0.5) is 0 Å². The molecule has 1 aromatic carbocycles. The van der Waals surface area contributed by atoms with Crippen molar-refractivity contribution in [3.05, 3.63) is 41.5 Å². The summed E-state index contributed by atoms with van der Waals surface area (Å²) in [5.41, 5.74) is 1.54. The predicted molar refractivity (Wildman–Crippen MR) is 71.9 cm³/mol. The standard InChI is InChI=1S/C13H15NO4S/c15-13(16)7-6-11-4-1-2-5-12(11)10-14-8-3-9-19(14,17)18/h1-2,4-7H,3,8-10H2,(H,15,16)/b7-6+. The summed E-state index contributed by atoms with van der Waals surface area (Å²) in [7, 11) is -3.14. The summed E-state index contributed by atoms with van der Waals surface area (Å²) in [6.07, 6.45) is 3.19. The van der Waals surface area contributed by atoms with Crippen molar-refractivity contribution >= 4 is 22.1 Å². The molecular weight excluding hydrogens is 266 g/mol. The first-order valence-corrected chi connectivity index (χ1v) is 7.57. The van der Waals surface area contributed by atoms with Crippen molar-refractivity contribution in [2.24, 2.45) is 0 Å². The summed E-state index contributed by atoms with van der Waals surface area (Å²) in [5.74, 6) is -0.830. The van der Waals surface area contributed by atoms with Crippen LogP contribution in [0, 0.1) is 0 Å². The third-order valence-corrected chi connectivity index (χ3v) is 4.91. The first-order valence-electron chi connectivity index (χ1n) is 5.96. The number of carboxylic acids is 1. The average molecular weight is 281 g/mol. The molecular formula is C13H15NO4S. The number of sulfonamides is 1. The van der Waals surface area contributed by atoms with E-state index in [1.807, 2.05) is 12.1 Å². The summed E-state index contributed by atoms with van der Waals surface area (Å²) < 4.78 is 25.0. The maximum atomic E-state index is 11.8. The Balaban J connectivity index is 2.23. The van der Waals surface area contributed by atoms with Gasteiger partial charge < -0.3 is 5.11 Å². The molecule has 0 atom stereocenters. The Bertz CT molecular complexity index is 607. The SMILES string of the molecule is O=C(O)/C=C/c1ccccc1CN1CCCS1(=O)=O.